The Bertz CT molecular complexity index is 1050. The molecule has 6 nitrogen and oxygen atoms in total. The van der Waals surface area contributed by atoms with Crippen LogP contribution in [0.4, 0.5) is 0 Å². The maximum Gasteiger partial charge on any atom is 0.119 e. The van der Waals surface area contributed by atoms with E-state index in [4.69, 9.17) is 9.47 Å². The smallest absolute Gasteiger partial charge is 0.119 e. The van der Waals surface area contributed by atoms with Crippen molar-refractivity contribution >= 4 is 0 Å². The monoisotopic (exact) mass is 477 g/mol. The fourth-order valence-corrected chi connectivity index (χ4v) is 4.66. The molecule has 0 radical (unpaired) electrons. The molecule has 2 heterocycles. The van der Waals surface area contributed by atoms with Gasteiger partial charge in [0.1, 0.15) is 23.9 Å². The maximum atomic E-state index is 11.1. The molecule has 0 spiro atoms. The number of aliphatic hydroxyl groups is 1. The van der Waals surface area contributed by atoms with Crippen LogP contribution >= 0.6 is 0 Å². The van der Waals surface area contributed by atoms with Gasteiger partial charge >= 0.3 is 0 Å². The Kier molecular flexibility index (Phi) is 8.83. The van der Waals surface area contributed by atoms with Gasteiger partial charge in [0.05, 0.1) is 12.2 Å². The molecule has 1 aromatic heterocycles. The maximum absolute atomic E-state index is 11.1. The zero-order chi connectivity index (χ0) is 24.5. The predicted molar refractivity (Wildman–Crippen MR) is 139 cm³/mol. The van der Waals surface area contributed by atoms with Gasteiger partial charge in [-0.2, -0.15) is 0 Å². The minimum absolute atomic E-state index is 0.339. The molecule has 0 aliphatic carbocycles. The highest BCUT2D eigenvalue weighted by molar-refractivity contribution is 5.28. The van der Waals surface area contributed by atoms with Crippen LogP contribution in [0.2, 0.25) is 0 Å². The highest BCUT2D eigenvalue weighted by Gasteiger charge is 2.31. The van der Waals surface area contributed by atoms with Crippen molar-refractivity contribution in [1.29, 1.82) is 0 Å². The number of imidazole rings is 1. The van der Waals surface area contributed by atoms with Crippen LogP contribution in [0.25, 0.3) is 0 Å². The zero-order valence-corrected chi connectivity index (χ0v) is 21.2. The van der Waals surface area contributed by atoms with Crippen molar-refractivity contribution < 1.29 is 14.6 Å². The summed E-state index contributed by atoms with van der Waals surface area (Å²) in [5.41, 5.74) is 1.67. The lowest BCUT2D eigenvalue weighted by atomic mass is 9.96. The fraction of sp³-hybridized carbons (Fsp3) is 0.483. The van der Waals surface area contributed by atoms with E-state index in [1.54, 1.807) is 0 Å². The molecule has 4 rings (SSSR count). The normalized spacial score (nSPS) is 18.8. The summed E-state index contributed by atoms with van der Waals surface area (Å²) >= 11 is 0. The first kappa shape index (κ1) is 25.3. The number of aryl methyl sites for hydroxylation is 3. The second kappa shape index (κ2) is 12.2. The molecule has 1 N–H and O–H groups in total. The lowest BCUT2D eigenvalue weighted by molar-refractivity contribution is -0.0168. The molecular weight excluding hydrogens is 438 g/mol. The summed E-state index contributed by atoms with van der Waals surface area (Å²) in [6.45, 7) is 8.82. The minimum atomic E-state index is -0.780. The van der Waals surface area contributed by atoms with Crippen LogP contribution in [0.3, 0.4) is 0 Å². The molecule has 35 heavy (non-hydrogen) atoms. The standard InChI is InChI=1S/C29H39N3O3/c1-3-28-30-15-19-32(28)17-6-20-34-27-8-4-7-25(21-27)22-31-16-5-13-29(33,14-18-31)23-35-26-11-9-24(2)10-12-26/h4,7-12,15,19,21,33H,3,5-6,13-14,16-18,20,22-23H2,1-2H3. The summed E-state index contributed by atoms with van der Waals surface area (Å²) in [6, 6.07) is 16.4. The van der Waals surface area contributed by atoms with Crippen molar-refractivity contribution in [2.75, 3.05) is 26.3 Å². The first-order valence-corrected chi connectivity index (χ1v) is 12.9. The van der Waals surface area contributed by atoms with Crippen LogP contribution < -0.4 is 9.47 Å². The molecule has 1 aliphatic rings. The molecule has 1 aliphatic heterocycles. The van der Waals surface area contributed by atoms with Gasteiger partial charge in [0.15, 0.2) is 0 Å². The molecule has 1 fully saturated rings. The number of rotatable bonds is 11. The van der Waals surface area contributed by atoms with Crippen molar-refractivity contribution in [2.24, 2.45) is 0 Å². The van der Waals surface area contributed by atoms with Crippen LogP contribution in [0.15, 0.2) is 60.9 Å². The number of ether oxygens (including phenoxy) is 2. The molecular formula is C29H39N3O3. The highest BCUT2D eigenvalue weighted by atomic mass is 16.5. The second-order valence-electron chi connectivity index (χ2n) is 9.70. The second-order valence-corrected chi connectivity index (χ2v) is 9.70. The van der Waals surface area contributed by atoms with Crippen LogP contribution in [0.1, 0.15) is 49.6 Å². The highest BCUT2D eigenvalue weighted by Crippen LogP contribution is 2.25. The van der Waals surface area contributed by atoms with Gasteiger partial charge in [-0.25, -0.2) is 4.98 Å². The van der Waals surface area contributed by atoms with Gasteiger partial charge < -0.3 is 19.1 Å². The Morgan fingerprint density at radius 3 is 2.71 bits per heavy atom. The van der Waals surface area contributed by atoms with Gasteiger partial charge in [0, 0.05) is 38.4 Å². The fourth-order valence-electron chi connectivity index (χ4n) is 4.66. The largest absolute Gasteiger partial charge is 0.494 e. The van der Waals surface area contributed by atoms with Gasteiger partial charge in [-0.05, 0) is 69.0 Å². The van der Waals surface area contributed by atoms with Crippen molar-refractivity contribution in [3.8, 4) is 11.5 Å². The summed E-state index contributed by atoms with van der Waals surface area (Å²) in [5, 5.41) is 11.1. The summed E-state index contributed by atoms with van der Waals surface area (Å²) in [5.74, 6) is 2.86. The quantitative estimate of drug-likeness (QED) is 0.393. The molecule has 1 unspecified atom stereocenters. The SMILES string of the molecule is CCc1nccn1CCCOc1cccc(CN2CCCC(O)(COc3ccc(C)cc3)CC2)c1. The molecule has 0 saturated carbocycles. The summed E-state index contributed by atoms with van der Waals surface area (Å²) < 4.78 is 14.2. The number of hydrogen-bond donors (Lipinski definition) is 1. The van der Waals surface area contributed by atoms with Crippen molar-refractivity contribution in [1.82, 2.24) is 14.5 Å². The van der Waals surface area contributed by atoms with Gasteiger partial charge in [-0.3, -0.25) is 4.90 Å². The Morgan fingerprint density at radius 2 is 1.89 bits per heavy atom. The van der Waals surface area contributed by atoms with Gasteiger partial charge in [-0.15, -0.1) is 0 Å². The number of benzene rings is 2. The molecule has 0 amide bonds. The van der Waals surface area contributed by atoms with E-state index in [0.29, 0.717) is 19.6 Å². The Labute approximate surface area is 209 Å². The molecule has 2 aromatic carbocycles. The van der Waals surface area contributed by atoms with E-state index in [9.17, 15) is 5.11 Å². The zero-order valence-electron chi connectivity index (χ0n) is 21.2. The molecule has 1 saturated heterocycles. The number of aromatic nitrogens is 2. The first-order chi connectivity index (χ1) is 17.0. The van der Waals surface area contributed by atoms with Crippen LogP contribution in [0.5, 0.6) is 11.5 Å². The molecule has 0 bridgehead atoms. The van der Waals surface area contributed by atoms with Gasteiger partial charge in [0.25, 0.3) is 0 Å². The lowest BCUT2D eigenvalue weighted by Crippen LogP contribution is -2.37. The third kappa shape index (κ3) is 7.58. The van der Waals surface area contributed by atoms with Crippen LogP contribution in [0, 0.1) is 6.92 Å². The number of nitrogens with zero attached hydrogens (tertiary/aromatic N) is 3. The van der Waals surface area contributed by atoms with Crippen molar-refractivity contribution in [3.63, 3.8) is 0 Å². The van der Waals surface area contributed by atoms with E-state index in [0.717, 1.165) is 69.2 Å². The van der Waals surface area contributed by atoms with E-state index in [1.165, 1.54) is 11.1 Å². The van der Waals surface area contributed by atoms with Crippen LogP contribution in [-0.4, -0.2) is 51.5 Å². The van der Waals surface area contributed by atoms with Gasteiger partial charge in [-0.1, -0.05) is 36.8 Å². The van der Waals surface area contributed by atoms with Gasteiger partial charge in [0.2, 0.25) is 0 Å². The van der Waals surface area contributed by atoms with E-state index in [-0.39, 0.29) is 0 Å². The lowest BCUT2D eigenvalue weighted by Gasteiger charge is -2.27. The first-order valence-electron chi connectivity index (χ1n) is 12.9. The molecule has 3 aromatic rings. The third-order valence-electron chi connectivity index (χ3n) is 6.77. The Hall–Kier alpha value is -2.83. The Balaban J connectivity index is 1.22. The van der Waals surface area contributed by atoms with Crippen molar-refractivity contribution in [2.45, 2.75) is 64.6 Å². The van der Waals surface area contributed by atoms with E-state index in [1.807, 2.05) is 42.7 Å². The average molecular weight is 478 g/mol. The summed E-state index contributed by atoms with van der Waals surface area (Å²) in [4.78, 5) is 6.80. The van der Waals surface area contributed by atoms with E-state index >= 15 is 0 Å². The minimum Gasteiger partial charge on any atom is -0.494 e. The number of likely N-dealkylation sites (tertiary alicyclic amines) is 1. The molecule has 6 heteroatoms. The predicted octanol–water partition coefficient (Wildman–Crippen LogP) is 5.02. The number of hydrogen-bond acceptors (Lipinski definition) is 5. The molecule has 188 valence electrons. The summed E-state index contributed by atoms with van der Waals surface area (Å²) in [7, 11) is 0. The average Bonchev–Trinajstić information content (AvgIpc) is 3.24. The van der Waals surface area contributed by atoms with E-state index in [2.05, 4.69) is 46.5 Å². The van der Waals surface area contributed by atoms with Crippen LogP contribution in [-0.2, 0) is 19.5 Å². The van der Waals surface area contributed by atoms with Crippen molar-refractivity contribution in [3.05, 3.63) is 77.9 Å². The molecule has 1 atom stereocenters. The Morgan fingerprint density at radius 1 is 1.03 bits per heavy atom. The van der Waals surface area contributed by atoms with E-state index < -0.39 is 5.60 Å². The summed E-state index contributed by atoms with van der Waals surface area (Å²) in [6.07, 6.45) is 8.23. The topological polar surface area (TPSA) is 59.8 Å². The third-order valence-corrected chi connectivity index (χ3v) is 6.77.